The molecule has 0 aromatic heterocycles. The lowest BCUT2D eigenvalue weighted by atomic mass is 9.95. The van der Waals surface area contributed by atoms with E-state index in [0.717, 1.165) is 16.7 Å². The summed E-state index contributed by atoms with van der Waals surface area (Å²) in [6.45, 7) is 3.89. The van der Waals surface area contributed by atoms with E-state index in [-0.39, 0.29) is 23.6 Å². The van der Waals surface area contributed by atoms with Crippen molar-refractivity contribution < 1.29 is 19.1 Å². The maximum absolute atomic E-state index is 13.6. The number of amides is 2. The molecule has 2 amide bonds. The third-order valence-corrected chi connectivity index (χ3v) is 8.20. The minimum Gasteiger partial charge on any atom is -0.451 e. The minimum atomic E-state index is -0.753. The van der Waals surface area contributed by atoms with E-state index < -0.39 is 28.9 Å². The van der Waals surface area contributed by atoms with Crippen molar-refractivity contribution in [1.29, 1.82) is 0 Å². The van der Waals surface area contributed by atoms with Crippen LogP contribution in [-0.2, 0) is 25.5 Å². The van der Waals surface area contributed by atoms with Crippen LogP contribution in [0.25, 0.3) is 0 Å². The molecule has 0 aliphatic carbocycles. The molecule has 5 rings (SSSR count). The van der Waals surface area contributed by atoms with Gasteiger partial charge in [0.1, 0.15) is 17.5 Å². The first kappa shape index (κ1) is 24.1. The van der Waals surface area contributed by atoms with Crippen LogP contribution in [0.5, 0.6) is 0 Å². The van der Waals surface area contributed by atoms with Crippen LogP contribution < -0.4 is 5.32 Å². The van der Waals surface area contributed by atoms with Crippen LogP contribution in [0.3, 0.4) is 0 Å². The molecule has 1 N–H and O–H groups in total. The number of carbonyl (C=O) groups is 3. The Labute approximate surface area is 215 Å². The van der Waals surface area contributed by atoms with Crippen molar-refractivity contribution in [3.05, 3.63) is 108 Å². The first-order chi connectivity index (χ1) is 17.3. The summed E-state index contributed by atoms with van der Waals surface area (Å²) in [7, 11) is 0. The highest BCUT2D eigenvalue weighted by atomic mass is 32.2. The molecule has 7 heteroatoms. The molecule has 3 aromatic rings. The average Bonchev–Trinajstić information content (AvgIpc) is 3.15. The van der Waals surface area contributed by atoms with Crippen molar-refractivity contribution in [2.24, 2.45) is 0 Å². The zero-order valence-electron chi connectivity index (χ0n) is 20.2. The van der Waals surface area contributed by atoms with Gasteiger partial charge >= 0.3 is 5.97 Å². The molecular formula is C29H28N2O4S. The number of hydrogen-bond donors (Lipinski definition) is 1. The van der Waals surface area contributed by atoms with E-state index in [1.54, 1.807) is 4.90 Å². The molecule has 2 saturated heterocycles. The highest BCUT2D eigenvalue weighted by molar-refractivity contribution is 8.01. The molecule has 2 fully saturated rings. The molecule has 3 unspecified atom stereocenters. The van der Waals surface area contributed by atoms with Crippen LogP contribution in [0, 0.1) is 0 Å². The highest BCUT2D eigenvalue weighted by Crippen LogP contribution is 2.51. The molecule has 2 aliphatic heterocycles. The molecule has 0 bridgehead atoms. The molecule has 0 saturated carbocycles. The third kappa shape index (κ3) is 4.63. The molecule has 2 aliphatic rings. The Kier molecular flexibility index (Phi) is 6.58. The lowest BCUT2D eigenvalue weighted by Gasteiger charge is -2.44. The van der Waals surface area contributed by atoms with Gasteiger partial charge in [-0.05, 0) is 30.5 Å². The van der Waals surface area contributed by atoms with Crippen LogP contribution in [-0.4, -0.2) is 44.9 Å². The molecule has 2 heterocycles. The maximum Gasteiger partial charge on any atom is 0.331 e. The number of thioether (sulfide) groups is 1. The number of β-lactam (4-membered cyclic amide) rings is 1. The van der Waals surface area contributed by atoms with E-state index in [9.17, 15) is 14.4 Å². The summed E-state index contributed by atoms with van der Waals surface area (Å²) >= 11 is 1.52. The van der Waals surface area contributed by atoms with Gasteiger partial charge in [0.05, 0.1) is 6.42 Å². The summed E-state index contributed by atoms with van der Waals surface area (Å²) in [6, 6.07) is 27.2. The van der Waals surface area contributed by atoms with E-state index in [4.69, 9.17) is 4.74 Å². The van der Waals surface area contributed by atoms with Gasteiger partial charge in [-0.15, -0.1) is 11.8 Å². The van der Waals surface area contributed by atoms with E-state index in [0.29, 0.717) is 0 Å². The molecular weight excluding hydrogens is 472 g/mol. The number of hydrogen-bond acceptors (Lipinski definition) is 5. The number of benzene rings is 3. The number of carbonyl (C=O) groups excluding carboxylic acids is 3. The summed E-state index contributed by atoms with van der Waals surface area (Å²) in [5.41, 5.74) is 2.60. The van der Waals surface area contributed by atoms with E-state index in [1.807, 2.05) is 105 Å². The second-order valence-electron chi connectivity index (χ2n) is 9.61. The van der Waals surface area contributed by atoms with Gasteiger partial charge in [0.15, 0.2) is 6.10 Å². The summed E-state index contributed by atoms with van der Waals surface area (Å²) < 4.78 is 5.53. The average molecular weight is 501 g/mol. The van der Waals surface area contributed by atoms with Crippen LogP contribution in [0.4, 0.5) is 0 Å². The van der Waals surface area contributed by atoms with Gasteiger partial charge in [-0.1, -0.05) is 91.0 Å². The van der Waals surface area contributed by atoms with Crippen LogP contribution >= 0.6 is 11.8 Å². The van der Waals surface area contributed by atoms with E-state index >= 15 is 0 Å². The Balaban J connectivity index is 1.32. The van der Waals surface area contributed by atoms with Crippen molar-refractivity contribution in [3.8, 4) is 0 Å². The van der Waals surface area contributed by atoms with Crippen molar-refractivity contribution in [1.82, 2.24) is 10.2 Å². The Bertz CT molecular complexity index is 1210. The van der Waals surface area contributed by atoms with Crippen molar-refractivity contribution in [2.45, 2.75) is 48.6 Å². The van der Waals surface area contributed by atoms with Crippen molar-refractivity contribution >= 4 is 29.5 Å². The van der Waals surface area contributed by atoms with Gasteiger partial charge in [0.25, 0.3) is 0 Å². The standard InChI is InChI=1S/C29H28N2O4S/c1-29(2)25(28(34)35-24(20-14-8-4-9-15-20)21-16-10-5-11-17-21)31-26(33)23(27(31)36-29)30-22(32)18-19-12-6-3-7-13-19/h3-17,23-25,27H,18H2,1-2H3,(H,30,32). The lowest BCUT2D eigenvalue weighted by Crippen LogP contribution is -2.70. The molecule has 184 valence electrons. The first-order valence-corrected chi connectivity index (χ1v) is 12.9. The minimum absolute atomic E-state index is 0.201. The van der Waals surface area contributed by atoms with Gasteiger partial charge in [0.2, 0.25) is 11.8 Å². The molecule has 3 aromatic carbocycles. The van der Waals surface area contributed by atoms with E-state index in [2.05, 4.69) is 5.32 Å². The van der Waals surface area contributed by atoms with Gasteiger partial charge < -0.3 is 15.0 Å². The van der Waals surface area contributed by atoms with Gasteiger partial charge in [-0.2, -0.15) is 0 Å². The fourth-order valence-corrected chi connectivity index (χ4v) is 6.52. The van der Waals surface area contributed by atoms with Crippen LogP contribution in [0.15, 0.2) is 91.0 Å². The highest BCUT2D eigenvalue weighted by Gasteiger charge is 2.64. The fraction of sp³-hybridized carbons (Fsp3) is 0.276. The molecule has 0 radical (unpaired) electrons. The predicted molar refractivity (Wildman–Crippen MR) is 139 cm³/mol. The zero-order chi connectivity index (χ0) is 25.3. The van der Waals surface area contributed by atoms with Crippen molar-refractivity contribution in [2.75, 3.05) is 0 Å². The summed E-state index contributed by atoms with van der Waals surface area (Å²) in [6.07, 6.45) is -0.385. The zero-order valence-corrected chi connectivity index (χ0v) is 21.0. The van der Waals surface area contributed by atoms with E-state index in [1.165, 1.54) is 11.8 Å². The monoisotopic (exact) mass is 500 g/mol. The Hall–Kier alpha value is -3.58. The van der Waals surface area contributed by atoms with Crippen LogP contribution in [0.1, 0.15) is 36.6 Å². The van der Waals surface area contributed by atoms with Gasteiger partial charge in [-0.25, -0.2) is 4.79 Å². The largest absolute Gasteiger partial charge is 0.451 e. The predicted octanol–water partition coefficient (Wildman–Crippen LogP) is 4.11. The second-order valence-corrected chi connectivity index (χ2v) is 11.4. The van der Waals surface area contributed by atoms with Crippen molar-refractivity contribution in [3.63, 3.8) is 0 Å². The number of rotatable bonds is 7. The quantitative estimate of drug-likeness (QED) is 0.390. The summed E-state index contributed by atoms with van der Waals surface area (Å²) in [5.74, 6) is -0.913. The SMILES string of the molecule is CC1(C)SC2C(NC(=O)Cc3ccccc3)C(=O)N2C1C(=O)OC(c1ccccc1)c1ccccc1. The lowest BCUT2D eigenvalue weighted by molar-refractivity contribution is -0.166. The topological polar surface area (TPSA) is 75.7 Å². The number of fused-ring (bicyclic) bond motifs is 1. The Morgan fingerprint density at radius 2 is 1.44 bits per heavy atom. The van der Waals surface area contributed by atoms with Crippen LogP contribution in [0.2, 0.25) is 0 Å². The van der Waals surface area contributed by atoms with Gasteiger partial charge in [0, 0.05) is 4.75 Å². The molecule has 36 heavy (non-hydrogen) atoms. The number of ether oxygens (including phenoxy) is 1. The number of nitrogens with one attached hydrogen (secondary N) is 1. The Morgan fingerprint density at radius 3 is 2.00 bits per heavy atom. The third-order valence-electron chi connectivity index (χ3n) is 6.63. The smallest absolute Gasteiger partial charge is 0.331 e. The summed E-state index contributed by atoms with van der Waals surface area (Å²) in [4.78, 5) is 40.9. The number of nitrogens with zero attached hydrogens (tertiary/aromatic N) is 1. The number of esters is 1. The Morgan fingerprint density at radius 1 is 0.917 bits per heavy atom. The summed E-state index contributed by atoms with van der Waals surface area (Å²) in [5, 5.41) is 2.56. The molecule has 6 nitrogen and oxygen atoms in total. The maximum atomic E-state index is 13.6. The fourth-order valence-electron chi connectivity index (χ4n) is 4.90. The molecule has 3 atom stereocenters. The second kappa shape index (κ2) is 9.82. The molecule has 0 spiro atoms. The normalized spacial score (nSPS) is 22.0. The first-order valence-electron chi connectivity index (χ1n) is 12.0. The van der Waals surface area contributed by atoms with Gasteiger partial charge in [-0.3, -0.25) is 9.59 Å².